The second kappa shape index (κ2) is 78.7. The Bertz CT molecular complexity index is 868. The molecule has 0 amide bonds. The van der Waals surface area contributed by atoms with Gasteiger partial charge in [0.25, 0.3) is 0 Å². The van der Waals surface area contributed by atoms with Gasteiger partial charge in [0, 0.05) is 26.2 Å². The molecule has 1 aromatic carbocycles. The van der Waals surface area contributed by atoms with Crippen molar-refractivity contribution in [2.45, 2.75) is 156 Å². The molecule has 0 aromatic heterocycles. The summed E-state index contributed by atoms with van der Waals surface area (Å²) in [6, 6.07) is 8.31. The normalized spacial score (nSPS) is 10.7. The van der Waals surface area contributed by atoms with Crippen LogP contribution >= 0.6 is 0 Å². The summed E-state index contributed by atoms with van der Waals surface area (Å²) in [5.41, 5.74) is 24.3. The fourth-order valence-electron chi connectivity index (χ4n) is 4.31. The SMILES string of the molecule is C.C.C.C.C.C.C.C.C.C.C.C.C.C.CC(N)OCCOCC(COCCOC(C)N)OCCOCc1ccc(CNCCOCCOC(COCCOCCN)COCCOCCN)cc1. The van der Waals surface area contributed by atoms with Crippen LogP contribution in [0.4, 0.5) is 0 Å². The number of ether oxygens (including phenoxy) is 12. The molecule has 0 heterocycles. The van der Waals surface area contributed by atoms with Crippen molar-refractivity contribution in [1.29, 1.82) is 0 Å². The van der Waals surface area contributed by atoms with E-state index >= 15 is 0 Å². The standard InChI is InChI=1S/C36H71N5O12.14CH4/c1-31(39)50-21-18-48-29-36(30-49-19-22-51-32(2)40)53-24-20-45-26-34-5-3-33(4-6-34)25-41-9-12-44-17-23-52-35(27-46-15-13-42-10-7-37)28-47-16-14-43-11-8-38;;;;;;;;;;;;;;/h3-6,31-32,35-36,41H,7-30,37-40H2,1-2H3;14*1H4. The summed E-state index contributed by atoms with van der Waals surface area (Å²) in [6.07, 6.45) is -1.14. The minimum absolute atomic E-state index is 0. The van der Waals surface area contributed by atoms with Crippen LogP contribution < -0.4 is 28.3 Å². The maximum atomic E-state index is 5.95. The molecular formula is C50H127N5O12. The van der Waals surface area contributed by atoms with Crippen molar-refractivity contribution >= 4 is 0 Å². The summed E-state index contributed by atoms with van der Waals surface area (Å²) in [6.45, 7) is 14.8. The van der Waals surface area contributed by atoms with Gasteiger partial charge in [-0.1, -0.05) is 128 Å². The van der Waals surface area contributed by atoms with Crippen LogP contribution in [0.5, 0.6) is 0 Å². The highest BCUT2D eigenvalue weighted by Gasteiger charge is 2.12. The van der Waals surface area contributed by atoms with Crippen molar-refractivity contribution < 1.29 is 56.8 Å². The molecule has 0 radical (unpaired) electrons. The second-order valence-corrected chi connectivity index (χ2v) is 11.9. The van der Waals surface area contributed by atoms with Gasteiger partial charge in [0.1, 0.15) is 24.7 Å². The van der Waals surface area contributed by atoms with E-state index in [1.165, 1.54) is 5.56 Å². The largest absolute Gasteiger partial charge is 0.378 e. The zero-order valence-corrected chi connectivity index (χ0v) is 32.3. The number of nitrogens with two attached hydrogens (primary N) is 4. The third kappa shape index (κ3) is 71.2. The van der Waals surface area contributed by atoms with Crippen LogP contribution in [0.3, 0.4) is 0 Å². The molecule has 67 heavy (non-hydrogen) atoms. The monoisotopic (exact) mass is 990 g/mol. The first-order valence-corrected chi connectivity index (χ1v) is 18.7. The molecule has 17 nitrogen and oxygen atoms in total. The summed E-state index contributed by atoms with van der Waals surface area (Å²) in [7, 11) is 0. The molecule has 2 unspecified atom stereocenters. The van der Waals surface area contributed by atoms with E-state index in [4.69, 9.17) is 79.8 Å². The van der Waals surface area contributed by atoms with Crippen LogP contribution in [-0.2, 0) is 70.0 Å². The molecule has 424 valence electrons. The van der Waals surface area contributed by atoms with Gasteiger partial charge >= 0.3 is 0 Å². The predicted octanol–water partition coefficient (Wildman–Crippen LogP) is 8.64. The molecule has 0 aliphatic heterocycles. The Morgan fingerprint density at radius 3 is 1.04 bits per heavy atom. The Kier molecular flexibility index (Phi) is 121. The Morgan fingerprint density at radius 2 is 0.672 bits per heavy atom. The number of benzene rings is 1. The van der Waals surface area contributed by atoms with Gasteiger partial charge in [0.15, 0.2) is 0 Å². The molecule has 0 saturated carbocycles. The van der Waals surface area contributed by atoms with Crippen molar-refractivity contribution in [2.75, 3.05) is 145 Å². The summed E-state index contributed by atoms with van der Waals surface area (Å²) >= 11 is 0. The quantitative estimate of drug-likeness (QED) is 0.0305. The lowest BCUT2D eigenvalue weighted by molar-refractivity contribution is -0.0881. The summed E-state index contributed by atoms with van der Waals surface area (Å²) in [4.78, 5) is 0. The third-order valence-electron chi connectivity index (χ3n) is 6.91. The average molecular weight is 991 g/mol. The van der Waals surface area contributed by atoms with Crippen LogP contribution in [0.25, 0.3) is 0 Å². The maximum Gasteiger partial charge on any atom is 0.104 e. The fraction of sp³-hybridized carbons (Fsp3) is 0.880. The van der Waals surface area contributed by atoms with Crippen molar-refractivity contribution in [2.24, 2.45) is 22.9 Å². The Hall–Kier alpha value is -1.46. The highest BCUT2D eigenvalue weighted by atomic mass is 16.6. The van der Waals surface area contributed by atoms with Crippen LogP contribution in [0.1, 0.15) is 129 Å². The van der Waals surface area contributed by atoms with E-state index in [0.717, 1.165) is 12.1 Å². The Balaban J connectivity index is -0.000000167. The van der Waals surface area contributed by atoms with Crippen molar-refractivity contribution in [3.8, 4) is 0 Å². The lowest BCUT2D eigenvalue weighted by Crippen LogP contribution is -2.30. The molecule has 9 N–H and O–H groups in total. The minimum Gasteiger partial charge on any atom is -0.378 e. The number of nitrogens with one attached hydrogen (secondary N) is 1. The predicted molar refractivity (Wildman–Crippen MR) is 295 cm³/mol. The molecular weight excluding hydrogens is 863 g/mol. The van der Waals surface area contributed by atoms with Crippen LogP contribution in [-0.4, -0.2) is 170 Å². The molecule has 17 heteroatoms. The van der Waals surface area contributed by atoms with E-state index in [9.17, 15) is 0 Å². The van der Waals surface area contributed by atoms with Crippen LogP contribution in [0, 0.1) is 0 Å². The van der Waals surface area contributed by atoms with E-state index in [-0.39, 0.29) is 129 Å². The van der Waals surface area contributed by atoms with Gasteiger partial charge in [-0.25, -0.2) is 0 Å². The van der Waals surface area contributed by atoms with Crippen LogP contribution in [0.15, 0.2) is 24.3 Å². The van der Waals surface area contributed by atoms with Gasteiger partial charge in [0.05, 0.1) is 132 Å². The summed E-state index contributed by atoms with van der Waals surface area (Å²) in [5, 5.41) is 3.40. The molecule has 0 fully saturated rings. The first-order valence-electron chi connectivity index (χ1n) is 18.7. The molecule has 0 saturated heterocycles. The highest BCUT2D eigenvalue weighted by molar-refractivity contribution is 5.21. The molecule has 2 atom stereocenters. The molecule has 1 rings (SSSR count). The van der Waals surface area contributed by atoms with E-state index in [1.54, 1.807) is 13.8 Å². The van der Waals surface area contributed by atoms with Gasteiger partial charge in [0.2, 0.25) is 0 Å². The van der Waals surface area contributed by atoms with Gasteiger partial charge in [-0.2, -0.15) is 0 Å². The van der Waals surface area contributed by atoms with Gasteiger partial charge in [-0.3, -0.25) is 0 Å². The van der Waals surface area contributed by atoms with Crippen molar-refractivity contribution in [3.63, 3.8) is 0 Å². The van der Waals surface area contributed by atoms with E-state index < -0.39 is 0 Å². The lowest BCUT2D eigenvalue weighted by Gasteiger charge is -2.19. The average Bonchev–Trinajstić information content (AvgIpc) is 3.14. The van der Waals surface area contributed by atoms with E-state index in [1.807, 2.05) is 0 Å². The molecule has 0 aliphatic carbocycles. The van der Waals surface area contributed by atoms with Crippen molar-refractivity contribution in [3.05, 3.63) is 35.4 Å². The first kappa shape index (κ1) is 103. The first-order chi connectivity index (χ1) is 25.9. The zero-order chi connectivity index (χ0) is 38.5. The van der Waals surface area contributed by atoms with E-state index in [0.29, 0.717) is 152 Å². The highest BCUT2D eigenvalue weighted by Crippen LogP contribution is 2.06. The molecule has 0 aliphatic rings. The fourth-order valence-corrected chi connectivity index (χ4v) is 4.31. The lowest BCUT2D eigenvalue weighted by atomic mass is 10.1. The number of hydrogen-bond donors (Lipinski definition) is 5. The minimum atomic E-state index is -0.331. The molecule has 0 bridgehead atoms. The second-order valence-electron chi connectivity index (χ2n) is 11.9. The van der Waals surface area contributed by atoms with Gasteiger partial charge in [-0.05, 0) is 25.0 Å². The maximum absolute atomic E-state index is 5.95. The summed E-state index contributed by atoms with van der Waals surface area (Å²) in [5.74, 6) is 0. The Labute approximate surface area is 420 Å². The topological polar surface area (TPSA) is 227 Å². The molecule has 0 spiro atoms. The van der Waals surface area contributed by atoms with Gasteiger partial charge in [-0.15, -0.1) is 0 Å². The summed E-state index contributed by atoms with van der Waals surface area (Å²) < 4.78 is 67.5. The van der Waals surface area contributed by atoms with Crippen molar-refractivity contribution in [1.82, 2.24) is 5.32 Å². The Morgan fingerprint density at radius 1 is 0.373 bits per heavy atom. The smallest absolute Gasteiger partial charge is 0.104 e. The van der Waals surface area contributed by atoms with Gasteiger partial charge < -0.3 is 85.1 Å². The third-order valence-corrected chi connectivity index (χ3v) is 6.91. The van der Waals surface area contributed by atoms with Crippen LogP contribution in [0.2, 0.25) is 0 Å². The number of hydrogen-bond acceptors (Lipinski definition) is 17. The van der Waals surface area contributed by atoms with E-state index in [2.05, 4.69) is 29.6 Å². The zero-order valence-electron chi connectivity index (χ0n) is 32.3. The molecule has 1 aromatic rings. The number of rotatable bonds is 41.